The van der Waals surface area contributed by atoms with Crippen LogP contribution in [-0.2, 0) is 13.0 Å². The van der Waals surface area contributed by atoms with E-state index < -0.39 is 5.91 Å². The number of carbonyl (C=O) groups is 2. The lowest BCUT2D eigenvalue weighted by molar-refractivity contribution is 0.0706. The molecule has 0 saturated carbocycles. The summed E-state index contributed by atoms with van der Waals surface area (Å²) in [6.07, 6.45) is 1.61. The number of nitrogens with one attached hydrogen (secondary N) is 1. The average molecular weight is 413 g/mol. The molecule has 1 heterocycles. The van der Waals surface area contributed by atoms with Gasteiger partial charge in [-0.1, -0.05) is 63.1 Å². The zero-order valence-electron chi connectivity index (χ0n) is 16.8. The van der Waals surface area contributed by atoms with Crippen molar-refractivity contribution in [2.75, 3.05) is 0 Å². The first-order chi connectivity index (χ1) is 13.9. The van der Waals surface area contributed by atoms with Crippen molar-refractivity contribution in [1.29, 1.82) is 0 Å². The number of carbonyl (C=O) groups excluding carboxylic acids is 2. The maximum Gasteiger partial charge on any atom is 0.274 e. The third kappa shape index (κ3) is 4.07. The van der Waals surface area contributed by atoms with Crippen molar-refractivity contribution < 1.29 is 14.8 Å². The van der Waals surface area contributed by atoms with E-state index >= 15 is 0 Å². The number of Topliss-reactive ketones (excluding diaryl/α,β-unsaturated/α-hetero) is 1. The molecule has 0 aliphatic rings. The van der Waals surface area contributed by atoms with Crippen molar-refractivity contribution in [3.8, 4) is 0 Å². The smallest absolute Gasteiger partial charge is 0.274 e. The molecule has 5 nitrogen and oxygen atoms in total. The Morgan fingerprint density at radius 2 is 1.90 bits per heavy atom. The van der Waals surface area contributed by atoms with Gasteiger partial charge in [-0.2, -0.15) is 0 Å². The van der Waals surface area contributed by atoms with Gasteiger partial charge in [0.15, 0.2) is 5.78 Å². The molecule has 0 atom stereocenters. The Morgan fingerprint density at radius 3 is 2.52 bits per heavy atom. The van der Waals surface area contributed by atoms with Crippen LogP contribution in [0, 0.1) is 5.92 Å². The number of nitrogens with zero attached hydrogens (tertiary/aromatic N) is 1. The zero-order valence-corrected chi connectivity index (χ0v) is 17.6. The van der Waals surface area contributed by atoms with Gasteiger partial charge in [0, 0.05) is 39.7 Å². The number of ketones is 1. The molecule has 0 bridgehead atoms. The van der Waals surface area contributed by atoms with Gasteiger partial charge in [-0.3, -0.25) is 14.8 Å². The normalized spacial score (nSPS) is 11.2. The van der Waals surface area contributed by atoms with Crippen molar-refractivity contribution in [2.45, 2.75) is 40.2 Å². The highest BCUT2D eigenvalue weighted by atomic mass is 35.5. The highest BCUT2D eigenvalue weighted by Crippen LogP contribution is 2.32. The Hall–Kier alpha value is -2.63. The Balaban J connectivity index is 2.32. The molecule has 3 aromatic rings. The lowest BCUT2D eigenvalue weighted by atomic mass is 9.96. The molecule has 0 fully saturated rings. The summed E-state index contributed by atoms with van der Waals surface area (Å²) in [6, 6.07) is 12.7. The molecule has 29 heavy (non-hydrogen) atoms. The molecule has 0 radical (unpaired) electrons. The topological polar surface area (TPSA) is 71.3 Å². The van der Waals surface area contributed by atoms with Gasteiger partial charge >= 0.3 is 0 Å². The minimum absolute atomic E-state index is 0.0794. The summed E-state index contributed by atoms with van der Waals surface area (Å²) >= 11 is 6.40. The fourth-order valence-corrected chi connectivity index (χ4v) is 3.84. The largest absolute Gasteiger partial charge is 0.339 e. The van der Waals surface area contributed by atoms with Crippen LogP contribution in [0.2, 0.25) is 5.02 Å². The molecule has 0 saturated heterocycles. The van der Waals surface area contributed by atoms with Crippen LogP contribution in [0.3, 0.4) is 0 Å². The van der Waals surface area contributed by atoms with Crippen LogP contribution in [-0.4, -0.2) is 21.5 Å². The van der Waals surface area contributed by atoms with Crippen LogP contribution in [0.5, 0.6) is 0 Å². The number of aromatic nitrogens is 1. The van der Waals surface area contributed by atoms with E-state index in [0.717, 1.165) is 35.0 Å². The Bertz CT molecular complexity index is 1070. The number of fused-ring (bicyclic) bond motifs is 1. The van der Waals surface area contributed by atoms with Crippen LogP contribution in [0.15, 0.2) is 42.5 Å². The van der Waals surface area contributed by atoms with E-state index in [1.165, 1.54) is 0 Å². The molecule has 0 aliphatic heterocycles. The number of rotatable bonds is 7. The first-order valence-electron chi connectivity index (χ1n) is 9.76. The highest BCUT2D eigenvalue weighted by molar-refractivity contribution is 6.31. The summed E-state index contributed by atoms with van der Waals surface area (Å²) in [4.78, 5) is 25.1. The third-order valence-corrected chi connectivity index (χ3v) is 5.45. The van der Waals surface area contributed by atoms with Gasteiger partial charge in [0.05, 0.1) is 5.52 Å². The molecule has 3 rings (SSSR count). The summed E-state index contributed by atoms with van der Waals surface area (Å²) in [7, 11) is 0. The molecule has 0 spiro atoms. The SMILES string of the molecule is CCCc1c(C(=O)C(C)C)c2ccc(C(=O)NO)cc2n1Cc1ccccc1Cl. The molecule has 152 valence electrons. The van der Waals surface area contributed by atoms with Gasteiger partial charge in [-0.25, -0.2) is 5.48 Å². The Morgan fingerprint density at radius 1 is 1.17 bits per heavy atom. The quantitative estimate of drug-likeness (QED) is 0.316. The predicted molar refractivity (Wildman–Crippen MR) is 115 cm³/mol. The zero-order chi connectivity index (χ0) is 21.1. The molecule has 6 heteroatoms. The molecule has 1 amide bonds. The van der Waals surface area contributed by atoms with E-state index in [1.54, 1.807) is 23.7 Å². The standard InChI is InChI=1S/C23H25ClN2O3/c1-4-7-19-21(22(27)14(2)3)17-11-10-15(23(28)25-29)12-20(17)26(19)13-16-8-5-6-9-18(16)24/h5-6,8-12,14,29H,4,7,13H2,1-3H3,(H,25,28). The number of hydrogen-bond acceptors (Lipinski definition) is 3. The minimum Gasteiger partial charge on any atom is -0.339 e. The van der Waals surface area contributed by atoms with Crippen LogP contribution >= 0.6 is 11.6 Å². The Kier molecular flexibility index (Phi) is 6.40. The lowest BCUT2D eigenvalue weighted by Gasteiger charge is -2.13. The monoisotopic (exact) mass is 412 g/mol. The van der Waals surface area contributed by atoms with Gasteiger partial charge < -0.3 is 4.57 Å². The number of halogens is 1. The second-order valence-corrected chi connectivity index (χ2v) is 7.85. The summed E-state index contributed by atoms with van der Waals surface area (Å²) < 4.78 is 2.07. The van der Waals surface area contributed by atoms with Gasteiger partial charge in [-0.15, -0.1) is 0 Å². The Labute approximate surface area is 175 Å². The molecule has 2 aromatic carbocycles. The van der Waals surface area contributed by atoms with E-state index in [2.05, 4.69) is 11.5 Å². The summed E-state index contributed by atoms with van der Waals surface area (Å²) in [5.41, 5.74) is 5.36. The van der Waals surface area contributed by atoms with Gasteiger partial charge in [-0.05, 0) is 30.2 Å². The number of amides is 1. The second-order valence-electron chi connectivity index (χ2n) is 7.44. The van der Waals surface area contributed by atoms with Crippen LogP contribution in [0.1, 0.15) is 59.2 Å². The number of hydrogen-bond donors (Lipinski definition) is 2. The highest BCUT2D eigenvalue weighted by Gasteiger charge is 2.25. The maximum atomic E-state index is 13.1. The fraction of sp³-hybridized carbons (Fsp3) is 0.304. The lowest BCUT2D eigenvalue weighted by Crippen LogP contribution is -2.18. The number of benzene rings is 2. The second kappa shape index (κ2) is 8.80. The van der Waals surface area contributed by atoms with Crippen LogP contribution < -0.4 is 5.48 Å². The van der Waals surface area contributed by atoms with Crippen molar-refractivity contribution >= 4 is 34.2 Å². The minimum atomic E-state index is -0.592. The molecule has 1 aromatic heterocycles. The first kappa shape index (κ1) is 21.1. The molecular weight excluding hydrogens is 388 g/mol. The van der Waals surface area contributed by atoms with Crippen molar-refractivity contribution in [1.82, 2.24) is 10.0 Å². The molecule has 0 unspecified atom stereocenters. The predicted octanol–water partition coefficient (Wildman–Crippen LogP) is 5.25. The van der Waals surface area contributed by atoms with Crippen molar-refractivity contribution in [2.24, 2.45) is 5.92 Å². The summed E-state index contributed by atoms with van der Waals surface area (Å²) in [6.45, 7) is 6.35. The molecular formula is C23H25ClN2O3. The van der Waals surface area contributed by atoms with E-state index in [9.17, 15) is 9.59 Å². The molecule has 0 aliphatic carbocycles. The van der Waals surface area contributed by atoms with Crippen LogP contribution in [0.25, 0.3) is 10.9 Å². The van der Waals surface area contributed by atoms with E-state index in [1.807, 2.05) is 38.1 Å². The average Bonchev–Trinajstić information content (AvgIpc) is 3.01. The summed E-state index contributed by atoms with van der Waals surface area (Å²) in [5.74, 6) is -0.660. The third-order valence-electron chi connectivity index (χ3n) is 5.08. The van der Waals surface area contributed by atoms with Crippen LogP contribution in [0.4, 0.5) is 0 Å². The van der Waals surface area contributed by atoms with Crippen molar-refractivity contribution in [3.05, 3.63) is 69.9 Å². The summed E-state index contributed by atoms with van der Waals surface area (Å²) in [5, 5.41) is 10.5. The van der Waals surface area contributed by atoms with E-state index in [0.29, 0.717) is 22.7 Å². The van der Waals surface area contributed by atoms with E-state index in [4.69, 9.17) is 16.8 Å². The van der Waals surface area contributed by atoms with Crippen molar-refractivity contribution in [3.63, 3.8) is 0 Å². The maximum absolute atomic E-state index is 13.1. The van der Waals surface area contributed by atoms with Gasteiger partial charge in [0.25, 0.3) is 5.91 Å². The first-order valence-corrected chi connectivity index (χ1v) is 10.1. The van der Waals surface area contributed by atoms with Gasteiger partial charge in [0.2, 0.25) is 0 Å². The fourth-order valence-electron chi connectivity index (χ4n) is 3.65. The molecule has 2 N–H and O–H groups in total. The van der Waals surface area contributed by atoms with E-state index in [-0.39, 0.29) is 11.7 Å². The van der Waals surface area contributed by atoms with Gasteiger partial charge in [0.1, 0.15) is 0 Å². The number of hydroxylamine groups is 1.